The Morgan fingerprint density at radius 1 is 1.40 bits per heavy atom. The molecule has 0 unspecified atom stereocenters. The van der Waals surface area contributed by atoms with E-state index in [0.717, 1.165) is 0 Å². The third kappa shape index (κ3) is 1.67. The minimum atomic E-state index is -1.13. The highest BCUT2D eigenvalue weighted by Gasteiger charge is 2.36. The van der Waals surface area contributed by atoms with Crippen molar-refractivity contribution in [3.63, 3.8) is 0 Å². The largest absolute Gasteiger partial charge is 0.481 e. The SMILES string of the molecule is O=C(O)c1cn(C2CC(C(=O)O)C2)nn1. The molecule has 2 rings (SSSR count). The second-order valence-electron chi connectivity index (χ2n) is 3.55. The minimum Gasteiger partial charge on any atom is -0.481 e. The summed E-state index contributed by atoms with van der Waals surface area (Å²) in [6, 6.07) is -0.0355. The Labute approximate surface area is 84.3 Å². The van der Waals surface area contributed by atoms with Crippen LogP contribution in [-0.2, 0) is 4.79 Å². The molecule has 0 amide bonds. The lowest BCUT2D eigenvalue weighted by Crippen LogP contribution is -2.32. The van der Waals surface area contributed by atoms with E-state index in [1.807, 2.05) is 0 Å². The van der Waals surface area contributed by atoms with Gasteiger partial charge in [-0.15, -0.1) is 5.10 Å². The molecule has 80 valence electrons. The number of carboxylic acid groups (broad SMARTS) is 2. The fraction of sp³-hybridized carbons (Fsp3) is 0.500. The molecule has 15 heavy (non-hydrogen) atoms. The van der Waals surface area contributed by atoms with Crippen molar-refractivity contribution in [1.29, 1.82) is 0 Å². The summed E-state index contributed by atoms with van der Waals surface area (Å²) in [6.07, 6.45) is 2.29. The van der Waals surface area contributed by atoms with Crippen LogP contribution in [-0.4, -0.2) is 37.1 Å². The fourth-order valence-electron chi connectivity index (χ4n) is 1.56. The first-order valence-electron chi connectivity index (χ1n) is 4.46. The molecule has 1 aliphatic rings. The molecule has 1 aromatic heterocycles. The van der Waals surface area contributed by atoms with E-state index in [4.69, 9.17) is 10.2 Å². The average molecular weight is 211 g/mol. The summed E-state index contributed by atoms with van der Waals surface area (Å²) in [4.78, 5) is 21.0. The van der Waals surface area contributed by atoms with Gasteiger partial charge < -0.3 is 10.2 Å². The summed E-state index contributed by atoms with van der Waals surface area (Å²) in [6.45, 7) is 0. The van der Waals surface area contributed by atoms with Crippen LogP contribution in [0.15, 0.2) is 6.20 Å². The lowest BCUT2D eigenvalue weighted by molar-refractivity contribution is -0.146. The predicted molar refractivity (Wildman–Crippen MR) is 46.4 cm³/mol. The van der Waals surface area contributed by atoms with Crippen molar-refractivity contribution >= 4 is 11.9 Å². The molecular weight excluding hydrogens is 202 g/mol. The molecule has 1 aromatic rings. The predicted octanol–water partition coefficient (Wildman–Crippen LogP) is 0.0120. The first kappa shape index (κ1) is 9.63. The molecule has 2 N–H and O–H groups in total. The number of aliphatic carboxylic acids is 1. The second kappa shape index (κ2) is 3.34. The molecule has 0 aliphatic heterocycles. The van der Waals surface area contributed by atoms with Crippen molar-refractivity contribution < 1.29 is 19.8 Å². The molecular formula is C8H9N3O4. The van der Waals surface area contributed by atoms with Crippen LogP contribution < -0.4 is 0 Å². The topological polar surface area (TPSA) is 105 Å². The highest BCUT2D eigenvalue weighted by atomic mass is 16.4. The summed E-state index contributed by atoms with van der Waals surface area (Å²) >= 11 is 0. The first-order chi connectivity index (χ1) is 7.08. The summed E-state index contributed by atoms with van der Waals surface area (Å²) in [5.74, 6) is -2.28. The van der Waals surface area contributed by atoms with Crippen molar-refractivity contribution in [2.24, 2.45) is 5.92 Å². The van der Waals surface area contributed by atoms with Gasteiger partial charge in [-0.25, -0.2) is 9.48 Å². The van der Waals surface area contributed by atoms with Crippen molar-refractivity contribution in [2.45, 2.75) is 18.9 Å². The standard InChI is InChI=1S/C8H9N3O4/c12-7(13)4-1-5(2-4)11-3-6(8(14)15)9-10-11/h3-5H,1-2H2,(H,12,13)(H,14,15). The number of carbonyl (C=O) groups is 2. The van der Waals surface area contributed by atoms with Crippen LogP contribution >= 0.6 is 0 Å². The monoisotopic (exact) mass is 211 g/mol. The van der Waals surface area contributed by atoms with E-state index in [2.05, 4.69) is 10.3 Å². The van der Waals surface area contributed by atoms with Crippen LogP contribution in [0.5, 0.6) is 0 Å². The molecule has 0 atom stereocenters. The zero-order chi connectivity index (χ0) is 11.0. The van der Waals surface area contributed by atoms with Gasteiger partial charge in [-0.3, -0.25) is 4.79 Å². The maximum Gasteiger partial charge on any atom is 0.358 e. The van der Waals surface area contributed by atoms with E-state index < -0.39 is 11.9 Å². The van der Waals surface area contributed by atoms with Crippen LogP contribution in [0.3, 0.4) is 0 Å². The van der Waals surface area contributed by atoms with Gasteiger partial charge in [0.2, 0.25) is 0 Å². The molecule has 1 aliphatic carbocycles. The van der Waals surface area contributed by atoms with Gasteiger partial charge in [0.05, 0.1) is 18.2 Å². The van der Waals surface area contributed by atoms with Gasteiger partial charge in [0.25, 0.3) is 0 Å². The number of rotatable bonds is 3. The maximum atomic E-state index is 10.5. The van der Waals surface area contributed by atoms with Gasteiger partial charge >= 0.3 is 11.9 Å². The van der Waals surface area contributed by atoms with Crippen LogP contribution in [0.2, 0.25) is 0 Å². The zero-order valence-corrected chi connectivity index (χ0v) is 7.70. The zero-order valence-electron chi connectivity index (χ0n) is 7.70. The van der Waals surface area contributed by atoms with E-state index in [9.17, 15) is 9.59 Å². The Balaban J connectivity index is 2.01. The van der Waals surface area contributed by atoms with Crippen molar-refractivity contribution in [1.82, 2.24) is 15.0 Å². The van der Waals surface area contributed by atoms with Gasteiger partial charge in [0, 0.05) is 0 Å². The molecule has 0 spiro atoms. The first-order valence-corrected chi connectivity index (χ1v) is 4.46. The lowest BCUT2D eigenvalue weighted by Gasteiger charge is -2.31. The minimum absolute atomic E-state index is 0.0355. The highest BCUT2D eigenvalue weighted by Crippen LogP contribution is 2.37. The summed E-state index contributed by atoms with van der Waals surface area (Å²) in [7, 11) is 0. The molecule has 7 heteroatoms. The third-order valence-corrected chi connectivity index (χ3v) is 2.57. The van der Waals surface area contributed by atoms with Crippen LogP contribution in [0, 0.1) is 5.92 Å². The Morgan fingerprint density at radius 3 is 2.53 bits per heavy atom. The summed E-state index contributed by atoms with van der Waals surface area (Å²) in [5.41, 5.74) is -0.117. The fourth-order valence-corrected chi connectivity index (χ4v) is 1.56. The van der Waals surface area contributed by atoms with E-state index in [1.54, 1.807) is 0 Å². The van der Waals surface area contributed by atoms with E-state index in [0.29, 0.717) is 12.8 Å². The Hall–Kier alpha value is -1.92. The molecule has 1 fully saturated rings. The van der Waals surface area contributed by atoms with Crippen molar-refractivity contribution in [3.8, 4) is 0 Å². The van der Waals surface area contributed by atoms with E-state index >= 15 is 0 Å². The second-order valence-corrected chi connectivity index (χ2v) is 3.55. The Morgan fingerprint density at radius 2 is 2.07 bits per heavy atom. The van der Waals surface area contributed by atoms with Gasteiger partial charge in [-0.05, 0) is 12.8 Å². The summed E-state index contributed by atoms with van der Waals surface area (Å²) in [5, 5.41) is 24.4. The normalized spacial score (nSPS) is 24.5. The number of carboxylic acids is 2. The molecule has 1 saturated carbocycles. The molecule has 0 bridgehead atoms. The molecule has 7 nitrogen and oxygen atoms in total. The van der Waals surface area contributed by atoms with Gasteiger partial charge in [0.1, 0.15) is 0 Å². The van der Waals surface area contributed by atoms with Gasteiger partial charge in [-0.2, -0.15) is 0 Å². The number of aromatic nitrogens is 3. The van der Waals surface area contributed by atoms with Crippen LogP contribution in [0.1, 0.15) is 29.4 Å². The third-order valence-electron chi connectivity index (χ3n) is 2.57. The molecule has 0 saturated heterocycles. The number of hydrogen-bond acceptors (Lipinski definition) is 4. The Kier molecular flexibility index (Phi) is 2.14. The summed E-state index contributed by atoms with van der Waals surface area (Å²) < 4.78 is 1.42. The van der Waals surface area contributed by atoms with E-state index in [1.165, 1.54) is 10.9 Å². The van der Waals surface area contributed by atoms with Crippen LogP contribution in [0.25, 0.3) is 0 Å². The van der Waals surface area contributed by atoms with Gasteiger partial charge in [-0.1, -0.05) is 5.21 Å². The van der Waals surface area contributed by atoms with Gasteiger partial charge in [0.15, 0.2) is 5.69 Å². The van der Waals surface area contributed by atoms with Crippen LogP contribution in [0.4, 0.5) is 0 Å². The highest BCUT2D eigenvalue weighted by molar-refractivity contribution is 5.84. The molecule has 1 heterocycles. The van der Waals surface area contributed by atoms with Crippen molar-refractivity contribution in [3.05, 3.63) is 11.9 Å². The molecule has 0 radical (unpaired) electrons. The quantitative estimate of drug-likeness (QED) is 0.729. The van der Waals surface area contributed by atoms with E-state index in [-0.39, 0.29) is 17.7 Å². The van der Waals surface area contributed by atoms with Crippen molar-refractivity contribution in [2.75, 3.05) is 0 Å². The molecule has 0 aromatic carbocycles. The lowest BCUT2D eigenvalue weighted by atomic mass is 9.80. The number of aromatic carboxylic acids is 1. The maximum absolute atomic E-state index is 10.5. The Bertz CT molecular complexity index is 408. The average Bonchev–Trinajstić information content (AvgIpc) is 2.49. The number of nitrogens with zero attached hydrogens (tertiary/aromatic N) is 3. The number of hydrogen-bond donors (Lipinski definition) is 2. The smallest absolute Gasteiger partial charge is 0.358 e.